The Bertz CT molecular complexity index is 418. The second-order valence-corrected chi connectivity index (χ2v) is 5.75. The van der Waals surface area contributed by atoms with E-state index in [4.69, 9.17) is 15.5 Å². The molecule has 0 aromatic carbocycles. The molecule has 0 saturated carbocycles. The van der Waals surface area contributed by atoms with Crippen molar-refractivity contribution in [1.29, 1.82) is 0 Å². The van der Waals surface area contributed by atoms with Crippen LogP contribution in [0.5, 0.6) is 0 Å². The number of anilines is 1. The molecule has 0 radical (unpaired) electrons. The summed E-state index contributed by atoms with van der Waals surface area (Å²) < 4.78 is 7.44. The molecular weight excluding hydrogens is 252 g/mol. The van der Waals surface area contributed by atoms with Crippen molar-refractivity contribution in [2.75, 3.05) is 25.2 Å². The molecule has 114 valence electrons. The Labute approximate surface area is 122 Å². The highest BCUT2D eigenvalue weighted by atomic mass is 16.5. The van der Waals surface area contributed by atoms with E-state index in [0.29, 0.717) is 12.1 Å². The highest BCUT2D eigenvalue weighted by Crippen LogP contribution is 2.24. The second-order valence-electron chi connectivity index (χ2n) is 5.75. The van der Waals surface area contributed by atoms with E-state index in [1.807, 2.05) is 0 Å². The minimum absolute atomic E-state index is 0.337. The number of imidazole rings is 1. The molecule has 1 aromatic heterocycles. The molecule has 0 amide bonds. The maximum Gasteiger partial charge on any atom is 0.205 e. The first-order chi connectivity index (χ1) is 9.65. The van der Waals surface area contributed by atoms with Crippen LogP contribution in [0.2, 0.25) is 0 Å². The summed E-state index contributed by atoms with van der Waals surface area (Å²) in [6, 6.07) is 0.802. The van der Waals surface area contributed by atoms with Crippen LogP contribution in [-0.4, -0.2) is 41.9 Å². The van der Waals surface area contributed by atoms with Crippen molar-refractivity contribution in [2.45, 2.75) is 58.2 Å². The summed E-state index contributed by atoms with van der Waals surface area (Å²) in [6.07, 6.45) is 6.28. The summed E-state index contributed by atoms with van der Waals surface area (Å²) in [7, 11) is 1.75. The number of nitrogens with two attached hydrogens (primary N) is 1. The first-order valence-electron chi connectivity index (χ1n) is 7.72. The van der Waals surface area contributed by atoms with Crippen LogP contribution >= 0.6 is 0 Å². The van der Waals surface area contributed by atoms with E-state index in [-0.39, 0.29) is 0 Å². The number of ether oxygens (including phenoxy) is 1. The molecule has 20 heavy (non-hydrogen) atoms. The smallest absolute Gasteiger partial charge is 0.205 e. The fraction of sp³-hybridized carbons (Fsp3) is 0.800. The molecule has 2 rings (SSSR count). The van der Waals surface area contributed by atoms with Gasteiger partial charge in [0.05, 0.1) is 5.69 Å². The summed E-state index contributed by atoms with van der Waals surface area (Å²) >= 11 is 0. The number of hydrogen-bond donors (Lipinski definition) is 1. The van der Waals surface area contributed by atoms with Gasteiger partial charge in [0.1, 0.15) is 0 Å². The molecular formula is C15H28N4O. The van der Waals surface area contributed by atoms with E-state index in [9.17, 15) is 0 Å². The molecule has 0 bridgehead atoms. The summed E-state index contributed by atoms with van der Waals surface area (Å²) in [5.41, 5.74) is 7.23. The van der Waals surface area contributed by atoms with Crippen LogP contribution in [0.3, 0.4) is 0 Å². The van der Waals surface area contributed by atoms with Crippen molar-refractivity contribution in [2.24, 2.45) is 5.73 Å². The molecule has 1 fully saturated rings. The number of methoxy groups -OCH3 is 1. The molecule has 5 nitrogen and oxygen atoms in total. The fourth-order valence-corrected chi connectivity index (χ4v) is 2.91. The van der Waals surface area contributed by atoms with E-state index < -0.39 is 0 Å². The average molecular weight is 280 g/mol. The highest BCUT2D eigenvalue weighted by Gasteiger charge is 2.26. The Morgan fingerprint density at radius 2 is 2.30 bits per heavy atom. The molecule has 1 aliphatic heterocycles. The zero-order valence-electron chi connectivity index (χ0n) is 13.0. The third-order valence-corrected chi connectivity index (χ3v) is 4.09. The van der Waals surface area contributed by atoms with Crippen LogP contribution in [-0.2, 0) is 17.7 Å². The van der Waals surface area contributed by atoms with Crippen LogP contribution < -0.4 is 10.6 Å². The van der Waals surface area contributed by atoms with Gasteiger partial charge >= 0.3 is 0 Å². The van der Waals surface area contributed by atoms with E-state index in [2.05, 4.69) is 29.5 Å². The lowest BCUT2D eigenvalue weighted by molar-refractivity contribution is 0.190. The van der Waals surface area contributed by atoms with Crippen molar-refractivity contribution >= 4 is 5.95 Å². The molecule has 1 aromatic rings. The van der Waals surface area contributed by atoms with Gasteiger partial charge in [-0.25, -0.2) is 4.98 Å². The second kappa shape index (κ2) is 7.09. The van der Waals surface area contributed by atoms with Gasteiger partial charge in [-0.3, -0.25) is 0 Å². The zero-order valence-corrected chi connectivity index (χ0v) is 13.0. The monoisotopic (exact) mass is 280 g/mol. The van der Waals surface area contributed by atoms with E-state index in [0.717, 1.165) is 51.3 Å². The molecule has 2 N–H and O–H groups in total. The molecule has 2 atom stereocenters. The Balaban J connectivity index is 2.14. The van der Waals surface area contributed by atoms with Crippen LogP contribution in [0.4, 0.5) is 5.95 Å². The number of aryl methyl sites for hydroxylation is 2. The summed E-state index contributed by atoms with van der Waals surface area (Å²) in [5.74, 6) is 1.11. The predicted octanol–water partition coefficient (Wildman–Crippen LogP) is 1.80. The van der Waals surface area contributed by atoms with Crippen LogP contribution in [0, 0.1) is 0 Å². The Morgan fingerprint density at radius 1 is 1.50 bits per heavy atom. The third-order valence-electron chi connectivity index (χ3n) is 4.09. The first-order valence-corrected chi connectivity index (χ1v) is 7.72. The molecule has 0 spiro atoms. The quantitative estimate of drug-likeness (QED) is 0.807. The first kappa shape index (κ1) is 15.3. The van der Waals surface area contributed by atoms with Gasteiger partial charge in [-0.2, -0.15) is 0 Å². The summed E-state index contributed by atoms with van der Waals surface area (Å²) in [4.78, 5) is 7.23. The van der Waals surface area contributed by atoms with Gasteiger partial charge in [-0.15, -0.1) is 0 Å². The lowest BCUT2D eigenvalue weighted by Crippen LogP contribution is -2.46. The van der Waals surface area contributed by atoms with Crippen LogP contribution in [0.15, 0.2) is 6.20 Å². The number of hydrogen-bond acceptors (Lipinski definition) is 4. The average Bonchev–Trinajstić information content (AvgIpc) is 2.82. The topological polar surface area (TPSA) is 56.3 Å². The van der Waals surface area contributed by atoms with Crippen molar-refractivity contribution in [1.82, 2.24) is 9.55 Å². The van der Waals surface area contributed by atoms with Crippen molar-refractivity contribution in [3.05, 3.63) is 11.9 Å². The minimum atomic E-state index is 0.337. The van der Waals surface area contributed by atoms with Gasteiger partial charge in [0.25, 0.3) is 0 Å². The maximum atomic E-state index is 6.06. The molecule has 2 heterocycles. The third kappa shape index (κ3) is 3.52. The molecule has 1 aliphatic rings. The molecule has 0 aliphatic carbocycles. The maximum absolute atomic E-state index is 6.06. The molecule has 5 heteroatoms. The predicted molar refractivity (Wildman–Crippen MR) is 82.1 cm³/mol. The van der Waals surface area contributed by atoms with Crippen molar-refractivity contribution < 1.29 is 4.74 Å². The van der Waals surface area contributed by atoms with Crippen LogP contribution in [0.1, 0.15) is 38.8 Å². The lowest BCUT2D eigenvalue weighted by Gasteiger charge is -2.37. The van der Waals surface area contributed by atoms with Gasteiger partial charge in [0.2, 0.25) is 5.95 Å². The van der Waals surface area contributed by atoms with Crippen molar-refractivity contribution in [3.63, 3.8) is 0 Å². The van der Waals surface area contributed by atoms with Gasteiger partial charge in [0.15, 0.2) is 0 Å². The standard InChI is InChI=1S/C15H28N4O/c1-4-14-11-18(7-5-9-20-3)15(17-14)19-8-6-13(16)10-12(19)2/h11-13H,4-10,16H2,1-3H3. The van der Waals surface area contributed by atoms with E-state index in [1.54, 1.807) is 7.11 Å². The fourth-order valence-electron chi connectivity index (χ4n) is 2.91. The Morgan fingerprint density at radius 3 is 2.95 bits per heavy atom. The highest BCUT2D eigenvalue weighted by molar-refractivity contribution is 5.36. The normalized spacial score (nSPS) is 23.3. The van der Waals surface area contributed by atoms with E-state index in [1.165, 1.54) is 5.69 Å². The minimum Gasteiger partial charge on any atom is -0.385 e. The van der Waals surface area contributed by atoms with Gasteiger partial charge in [0, 0.05) is 45.1 Å². The zero-order chi connectivity index (χ0) is 14.5. The summed E-state index contributed by atoms with van der Waals surface area (Å²) in [6.45, 7) is 7.16. The summed E-state index contributed by atoms with van der Waals surface area (Å²) in [5, 5.41) is 0. The molecule has 2 unspecified atom stereocenters. The number of aromatic nitrogens is 2. The SMILES string of the molecule is CCc1cn(CCCOC)c(N2CCC(N)CC2C)n1. The molecule has 1 saturated heterocycles. The largest absolute Gasteiger partial charge is 0.385 e. The van der Waals surface area contributed by atoms with Gasteiger partial charge < -0.3 is 19.9 Å². The number of nitrogens with zero attached hydrogens (tertiary/aromatic N) is 3. The van der Waals surface area contributed by atoms with Gasteiger partial charge in [-0.05, 0) is 32.6 Å². The van der Waals surface area contributed by atoms with E-state index >= 15 is 0 Å². The number of rotatable bonds is 6. The Kier molecular flexibility index (Phi) is 5.43. The Hall–Kier alpha value is -1.07. The van der Waals surface area contributed by atoms with Crippen molar-refractivity contribution in [3.8, 4) is 0 Å². The lowest BCUT2D eigenvalue weighted by atomic mass is 10.00. The number of piperidine rings is 1. The van der Waals surface area contributed by atoms with Crippen LogP contribution in [0.25, 0.3) is 0 Å². The van der Waals surface area contributed by atoms with Gasteiger partial charge in [-0.1, -0.05) is 6.92 Å².